The molecule has 4 heterocycles. The van der Waals surface area contributed by atoms with E-state index in [0.717, 1.165) is 0 Å². The highest BCUT2D eigenvalue weighted by Crippen LogP contribution is 2.45. The number of hydrogen-bond donors (Lipinski definition) is 6. The van der Waals surface area contributed by atoms with Gasteiger partial charge < -0.3 is 69.5 Å². The Morgan fingerprint density at radius 2 is 1.90 bits per heavy atom. The van der Waals surface area contributed by atoms with Crippen LogP contribution in [0.5, 0.6) is 23.0 Å². The van der Waals surface area contributed by atoms with Gasteiger partial charge in [-0.2, -0.15) is 0 Å². The summed E-state index contributed by atoms with van der Waals surface area (Å²) in [5.74, 6) is 9.85. The van der Waals surface area contributed by atoms with Gasteiger partial charge in [0.15, 0.2) is 53.4 Å². The second-order valence-corrected chi connectivity index (χ2v) is 15.8. The molecule has 16 nitrogen and oxygen atoms in total. The third-order valence-corrected chi connectivity index (χ3v) is 10.9. The van der Waals surface area contributed by atoms with Crippen LogP contribution in [-0.4, -0.2) is 119 Å². The van der Waals surface area contributed by atoms with Gasteiger partial charge in [0.1, 0.15) is 18.0 Å². The van der Waals surface area contributed by atoms with Crippen LogP contribution in [0.25, 0.3) is 0 Å². The van der Waals surface area contributed by atoms with Crippen molar-refractivity contribution in [1.82, 2.24) is 4.90 Å². The summed E-state index contributed by atoms with van der Waals surface area (Å²) < 4.78 is 42.2. The minimum atomic E-state index is -1.78. The van der Waals surface area contributed by atoms with Crippen LogP contribution in [0.4, 0.5) is 5.69 Å². The number of esters is 1. The summed E-state index contributed by atoms with van der Waals surface area (Å²) in [6.45, 7) is 6.62. The second kappa shape index (κ2) is 16.6. The van der Waals surface area contributed by atoms with Crippen molar-refractivity contribution in [3.8, 4) is 46.7 Å². The SMILES string of the molecule is C=C1Oc2cc(OC)cc(C(=O)O[C@H]3CO[C@H](O)C[C@H](N)c4cc(O)c(c(Cl)c4)O[C@@H]4C#C/C=C/3C#CC3=CC=CC34O[C@@H]3OC(C)(C)[C@@H](N(C)C)[C@@H](O)[C@H]3O)c2NC1=O. The number of allylic oxidation sites excluding steroid dienone is 3. The summed E-state index contributed by atoms with van der Waals surface area (Å²) in [6, 6.07) is 4.05. The first-order valence-electron chi connectivity index (χ1n) is 18.8. The molecule has 0 spiro atoms. The standard InChI is InChI=1S/C43H44ClN3O13/c1-21-39(52)46-34-26(17-25(54-6)18-30(34)56-21)40(53)57-31-20-55-33(49)19-28(45)23-15-27(44)37(29(48)16-23)58-32-11-7-9-22(31)12-13-24-10-8-14-43(24,32)60-41-36(51)35(50)38(47(4)5)42(2,3)59-41/h8-10,14-18,28,31-33,35-36,38,41,48-51H,1,19-20,45H2,2-6H3,(H,46,52)/b22-9+/t28-,31-,32+,33-,35-,36+,38-,41-,43?/m0/s1. The Hall–Kier alpha value is -5.37. The van der Waals surface area contributed by atoms with E-state index >= 15 is 0 Å². The van der Waals surface area contributed by atoms with Gasteiger partial charge >= 0.3 is 5.97 Å². The number of carbonyl (C=O) groups is 2. The third kappa shape index (κ3) is 8.10. The van der Waals surface area contributed by atoms with Gasteiger partial charge in [0.25, 0.3) is 5.91 Å². The van der Waals surface area contributed by atoms with Crippen LogP contribution in [0.15, 0.2) is 72.1 Å². The van der Waals surface area contributed by atoms with Crippen molar-refractivity contribution in [1.29, 1.82) is 0 Å². The smallest absolute Gasteiger partial charge is 0.341 e. The maximum atomic E-state index is 14.1. The summed E-state index contributed by atoms with van der Waals surface area (Å²) in [5.41, 5.74) is 4.10. The monoisotopic (exact) mass is 845 g/mol. The van der Waals surface area contributed by atoms with Crippen molar-refractivity contribution in [3.63, 3.8) is 0 Å². The van der Waals surface area contributed by atoms with Crippen LogP contribution in [0.3, 0.4) is 0 Å². The molecule has 0 saturated carbocycles. The number of aromatic hydroxyl groups is 1. The molecule has 316 valence electrons. The molecular formula is C43H44ClN3O13. The molecule has 2 aliphatic carbocycles. The Kier molecular flexibility index (Phi) is 11.8. The fraction of sp³-hybridized carbons (Fsp3) is 0.395. The zero-order chi connectivity index (χ0) is 43.3. The number of anilines is 1. The van der Waals surface area contributed by atoms with Crippen LogP contribution in [-0.2, 0) is 23.7 Å². The Morgan fingerprint density at radius 1 is 1.13 bits per heavy atom. The van der Waals surface area contributed by atoms with Crippen LogP contribution < -0.4 is 25.3 Å². The highest BCUT2D eigenvalue weighted by molar-refractivity contribution is 6.32. The van der Waals surface area contributed by atoms with E-state index in [9.17, 15) is 30.0 Å². The van der Waals surface area contributed by atoms with E-state index < -0.39 is 84.5 Å². The van der Waals surface area contributed by atoms with Gasteiger partial charge in [0, 0.05) is 30.2 Å². The number of benzene rings is 2. The molecule has 8 rings (SSSR count). The number of rotatable bonds is 6. The van der Waals surface area contributed by atoms with Gasteiger partial charge in [-0.25, -0.2) is 4.79 Å². The van der Waals surface area contributed by atoms with E-state index in [1.54, 1.807) is 51.1 Å². The number of fused-ring (bicyclic) bond motifs is 9. The number of nitrogens with one attached hydrogen (secondary N) is 1. The number of nitrogens with zero attached hydrogens (tertiary/aromatic N) is 1. The molecule has 1 amide bonds. The molecule has 0 radical (unpaired) electrons. The maximum absolute atomic E-state index is 14.1. The number of aliphatic hydroxyl groups is 3. The number of hydrogen-bond acceptors (Lipinski definition) is 15. The van der Waals surface area contributed by atoms with Crippen LogP contribution in [0, 0.1) is 23.7 Å². The zero-order valence-corrected chi connectivity index (χ0v) is 34.0. The normalized spacial score (nSPS) is 31.2. The number of amides is 1. The lowest BCUT2D eigenvalue weighted by molar-refractivity contribution is -0.329. The number of phenols is 1. The van der Waals surface area contributed by atoms with Gasteiger partial charge in [-0.05, 0) is 69.8 Å². The fourth-order valence-corrected chi connectivity index (χ4v) is 7.98. The van der Waals surface area contributed by atoms with Crippen LogP contribution in [0.2, 0.25) is 5.02 Å². The lowest BCUT2D eigenvalue weighted by Gasteiger charge is -2.51. The first-order chi connectivity index (χ1) is 28.4. The van der Waals surface area contributed by atoms with E-state index in [-0.39, 0.29) is 56.8 Å². The van der Waals surface area contributed by atoms with Crippen molar-refractivity contribution in [3.05, 3.63) is 88.2 Å². The van der Waals surface area contributed by atoms with Gasteiger partial charge in [-0.1, -0.05) is 42.0 Å². The molecule has 1 saturated heterocycles. The van der Waals surface area contributed by atoms with Crippen molar-refractivity contribution >= 4 is 29.2 Å². The highest BCUT2D eigenvalue weighted by Gasteiger charge is 2.55. The average molecular weight is 846 g/mol. The molecule has 2 aromatic rings. The Balaban J connectivity index is 1.33. The number of likely N-dealkylation sites (N-methyl/N-ethyl adjacent to an activating group) is 1. The number of halogens is 1. The van der Waals surface area contributed by atoms with Crippen molar-refractivity contribution in [2.45, 2.75) is 80.5 Å². The quantitative estimate of drug-likeness (QED) is 0.140. The second-order valence-electron chi connectivity index (χ2n) is 15.4. The molecule has 6 aliphatic rings. The Labute approximate surface area is 350 Å². The molecule has 0 aromatic heterocycles. The molecule has 4 aliphatic heterocycles. The predicted molar refractivity (Wildman–Crippen MR) is 215 cm³/mol. The van der Waals surface area contributed by atoms with E-state index in [0.29, 0.717) is 5.56 Å². The summed E-state index contributed by atoms with van der Waals surface area (Å²) in [7, 11) is 4.89. The number of ether oxygens (including phenoxy) is 7. The molecule has 1 fully saturated rings. The molecular weight excluding hydrogens is 802 g/mol. The minimum absolute atomic E-state index is 0.00156. The number of carbonyl (C=O) groups excluding carboxylic acids is 2. The first-order valence-corrected chi connectivity index (χ1v) is 19.2. The van der Waals surface area contributed by atoms with Crippen LogP contribution >= 0.6 is 11.6 Å². The summed E-state index contributed by atoms with van der Waals surface area (Å²) in [4.78, 5) is 28.4. The van der Waals surface area contributed by atoms with Crippen molar-refractivity contribution in [2.75, 3.05) is 33.1 Å². The first kappa shape index (κ1) is 42.7. The molecule has 4 bridgehead atoms. The molecule has 1 unspecified atom stereocenters. The van der Waals surface area contributed by atoms with Crippen molar-refractivity contribution < 1.29 is 63.2 Å². The predicted octanol–water partition coefficient (Wildman–Crippen LogP) is 2.60. The Morgan fingerprint density at radius 3 is 2.62 bits per heavy atom. The van der Waals surface area contributed by atoms with E-state index in [4.69, 9.17) is 50.5 Å². The van der Waals surface area contributed by atoms with Crippen molar-refractivity contribution in [2.24, 2.45) is 5.73 Å². The summed E-state index contributed by atoms with van der Waals surface area (Å²) >= 11 is 6.72. The van der Waals surface area contributed by atoms with Gasteiger partial charge in [-0.3, -0.25) is 4.79 Å². The minimum Gasteiger partial charge on any atom is -0.504 e. The lowest BCUT2D eigenvalue weighted by Crippen LogP contribution is -2.68. The molecule has 17 heteroatoms. The lowest BCUT2D eigenvalue weighted by atomic mass is 9.85. The zero-order valence-electron chi connectivity index (χ0n) is 33.2. The summed E-state index contributed by atoms with van der Waals surface area (Å²) in [5, 5.41) is 47.7. The molecule has 7 N–H and O–H groups in total. The maximum Gasteiger partial charge on any atom is 0.341 e. The fourth-order valence-electron chi connectivity index (χ4n) is 7.71. The van der Waals surface area contributed by atoms with E-state index in [1.165, 1.54) is 37.5 Å². The highest BCUT2D eigenvalue weighted by atomic mass is 35.5. The third-order valence-electron chi connectivity index (χ3n) is 10.6. The van der Waals surface area contributed by atoms with E-state index in [1.807, 2.05) is 0 Å². The average Bonchev–Trinajstić information content (AvgIpc) is 3.60. The molecule has 2 aromatic carbocycles. The van der Waals surface area contributed by atoms with Gasteiger partial charge in [0.05, 0.1) is 47.2 Å². The number of phenolic OH excluding ortho intramolecular Hbond substituents is 1. The number of methoxy groups -OCH3 is 1. The Bertz CT molecular complexity index is 2310. The number of nitrogens with two attached hydrogens (primary N) is 1. The largest absolute Gasteiger partial charge is 0.504 e. The molecule has 60 heavy (non-hydrogen) atoms. The van der Waals surface area contributed by atoms with Gasteiger partial charge in [-0.15, -0.1) is 0 Å². The van der Waals surface area contributed by atoms with Crippen LogP contribution in [0.1, 0.15) is 42.2 Å². The molecule has 9 atom stereocenters. The number of aliphatic hydroxyl groups excluding tert-OH is 3. The topological polar surface area (TPSA) is 221 Å². The van der Waals surface area contributed by atoms with E-state index in [2.05, 4.69) is 35.6 Å². The summed E-state index contributed by atoms with van der Waals surface area (Å²) in [6.07, 6.45) is -2.62. The van der Waals surface area contributed by atoms with Gasteiger partial charge in [0.2, 0.25) is 0 Å².